The Morgan fingerprint density at radius 2 is 0.829 bits per heavy atom. The van der Waals surface area contributed by atoms with Gasteiger partial charge >= 0.3 is 41.8 Å². The molecule has 0 atom stereocenters. The van der Waals surface area contributed by atoms with Crippen LogP contribution in [0.2, 0.25) is 10.0 Å². The summed E-state index contributed by atoms with van der Waals surface area (Å²) in [5, 5.41) is 134. The van der Waals surface area contributed by atoms with Gasteiger partial charge in [-0.25, -0.2) is 68.7 Å². The average molecular weight is 1330 g/mol. The molecule has 436 valence electrons. The first-order chi connectivity index (χ1) is 37.9. The van der Waals surface area contributed by atoms with E-state index in [9.17, 15) is 104 Å². The molecule has 21 nitrogen and oxygen atoms in total. The first-order valence-corrected chi connectivity index (χ1v) is 22.6. The van der Waals surface area contributed by atoms with Gasteiger partial charge < -0.3 is 71.5 Å². The summed E-state index contributed by atoms with van der Waals surface area (Å²) in [6.45, 7) is 0. The van der Waals surface area contributed by atoms with Crippen molar-refractivity contribution in [1.29, 1.82) is 0 Å². The van der Waals surface area contributed by atoms with E-state index in [2.05, 4.69) is 31.9 Å². The molecule has 7 N–H and O–H groups in total. The summed E-state index contributed by atoms with van der Waals surface area (Å²) in [5.41, 5.74) is -4.68. The fourth-order valence-corrected chi connectivity index (χ4v) is 6.69. The lowest BCUT2D eigenvalue weighted by Gasteiger charge is -2.13. The molecule has 0 aliphatic rings. The molecular formula is C49H23Br2Cl2F8O21-7. The second kappa shape index (κ2) is 31.9. The maximum Gasteiger partial charge on any atom is 0.338 e. The third-order valence-electron chi connectivity index (χ3n) is 8.65. The molecule has 82 heavy (non-hydrogen) atoms. The number of benzene rings is 7. The van der Waals surface area contributed by atoms with Gasteiger partial charge in [-0.15, -0.1) is 0 Å². The summed E-state index contributed by atoms with van der Waals surface area (Å²) in [4.78, 5) is 71.9. The van der Waals surface area contributed by atoms with Crippen molar-refractivity contribution in [2.24, 2.45) is 0 Å². The predicted octanol–water partition coefficient (Wildman–Crippen LogP) is 7.15. The van der Waals surface area contributed by atoms with Crippen molar-refractivity contribution in [1.82, 2.24) is 0 Å². The Morgan fingerprint density at radius 3 is 1.28 bits per heavy atom. The molecule has 7 aromatic carbocycles. The van der Waals surface area contributed by atoms with Crippen LogP contribution in [0, 0.1) is 46.5 Å². The van der Waals surface area contributed by atoms with E-state index in [0.29, 0.717) is 16.6 Å². The van der Waals surface area contributed by atoms with E-state index in [1.807, 2.05) is 0 Å². The van der Waals surface area contributed by atoms with Crippen LogP contribution in [-0.2, 0) is 0 Å². The van der Waals surface area contributed by atoms with Crippen molar-refractivity contribution < 1.29 is 140 Å². The van der Waals surface area contributed by atoms with Crippen molar-refractivity contribution in [2.45, 2.75) is 0 Å². The normalized spacial score (nSPS) is 9.76. The Bertz CT molecular complexity index is 3450. The van der Waals surface area contributed by atoms with Crippen molar-refractivity contribution in [3.05, 3.63) is 202 Å². The second-order valence-corrected chi connectivity index (χ2v) is 16.7. The molecule has 0 aromatic heterocycles. The van der Waals surface area contributed by atoms with Gasteiger partial charge in [0.25, 0.3) is 0 Å². The predicted molar refractivity (Wildman–Crippen MR) is 255 cm³/mol. The maximum absolute atomic E-state index is 12.6. The first kappa shape index (κ1) is 70.4. The second-order valence-electron chi connectivity index (χ2n) is 14.1. The highest BCUT2D eigenvalue weighted by Gasteiger charge is 2.24. The standard InChI is InChI=1S/C7H4Br2O3.C7H4Cl2O3.C7H2F4O3.4C7H5FO3/c2*8-3-1-4(7(11)12)6(10)5(9)2-3;8-2-1(7(13)14)6(12)5(11)4(10)3(2)9;8-4-1-2-6(9)5(3-4)7(10)11;8-4-1-2-5(7(10)11)6(9)3-4;8-4-2-1-3-5(9)6(4)7(10)11;8-5-3-1-2-4(6(5)9)7(10)11/h2*1-2,10H,(H,11,12);12H,(H,13,14);4*1-3,9H,(H,10,11)/p-7. The zero-order chi connectivity index (χ0) is 63.4. The number of rotatable bonds is 7. The molecule has 0 aliphatic heterocycles. The van der Waals surface area contributed by atoms with E-state index >= 15 is 0 Å². The monoisotopic (exact) mass is 1330 g/mol. The van der Waals surface area contributed by atoms with Crippen molar-refractivity contribution in [3.8, 4) is 40.2 Å². The van der Waals surface area contributed by atoms with Crippen LogP contribution in [0.25, 0.3) is 0 Å². The number of carboxylic acid groups (broad SMARTS) is 7. The molecule has 0 heterocycles. The lowest BCUT2D eigenvalue weighted by Crippen LogP contribution is -2.13. The molecule has 0 amide bonds. The zero-order valence-corrected chi connectivity index (χ0v) is 43.8. The Kier molecular flexibility index (Phi) is 27.4. The Labute approximate surface area is 476 Å². The van der Waals surface area contributed by atoms with Gasteiger partial charge in [0.2, 0.25) is 0 Å². The summed E-state index contributed by atoms with van der Waals surface area (Å²) < 4.78 is 100.0. The summed E-state index contributed by atoms with van der Waals surface area (Å²) in [7, 11) is 0. The van der Waals surface area contributed by atoms with Crippen LogP contribution in [0.15, 0.2) is 106 Å². The van der Waals surface area contributed by atoms with Gasteiger partial charge in [0.1, 0.15) is 23.3 Å². The van der Waals surface area contributed by atoms with Crippen LogP contribution < -0.4 is 35.7 Å². The van der Waals surface area contributed by atoms with Crippen LogP contribution in [-0.4, -0.2) is 77.5 Å². The molecule has 0 spiro atoms. The number of hydrogen-bond acceptors (Lipinski definition) is 14. The summed E-state index contributed by atoms with van der Waals surface area (Å²) in [6, 6.07) is 16.4. The molecule has 0 aliphatic carbocycles. The van der Waals surface area contributed by atoms with Gasteiger partial charge in [-0.2, -0.15) is 0 Å². The van der Waals surface area contributed by atoms with Crippen molar-refractivity contribution in [3.63, 3.8) is 0 Å². The smallest absolute Gasteiger partial charge is 0.338 e. The maximum atomic E-state index is 12.6. The number of aromatic carboxylic acids is 7. The number of halogens is 12. The highest BCUT2D eigenvalue weighted by atomic mass is 79.9. The molecular weight excluding hydrogens is 1310 g/mol. The SMILES string of the molecule is O=C(O)c1c([O-])c(F)c(F)c(F)c1F.O=C(O)c1c([O-])cccc1F.O=C(O)c1cc(Br)cc(Br)c1[O-].O=C(O)c1cc(Cl)cc(Cl)c1[O-].O=C(O)c1cc(F)ccc1[O-].O=C(O)c1ccc(F)cc1[O-].O=C(O)c1cccc(F)c1[O-]. The van der Waals surface area contributed by atoms with Crippen LogP contribution in [0.4, 0.5) is 35.1 Å². The van der Waals surface area contributed by atoms with Crippen LogP contribution >= 0.6 is 55.1 Å². The number of hydrogen-bond donors (Lipinski definition) is 7. The molecule has 0 saturated heterocycles. The third-order valence-corrected chi connectivity index (χ3v) is 10.2. The topological polar surface area (TPSA) is 423 Å². The fourth-order valence-electron chi connectivity index (χ4n) is 4.97. The highest BCUT2D eigenvalue weighted by molar-refractivity contribution is 9.11. The average Bonchev–Trinajstić information content (AvgIpc) is 3.47. The molecule has 0 radical (unpaired) electrons. The minimum absolute atomic E-state index is 0.136. The van der Waals surface area contributed by atoms with E-state index in [1.54, 1.807) is 0 Å². The number of carbonyl (C=O) groups is 7. The van der Waals surface area contributed by atoms with E-state index in [4.69, 9.17) is 58.9 Å². The zero-order valence-electron chi connectivity index (χ0n) is 39.1. The lowest BCUT2D eigenvalue weighted by atomic mass is 10.1. The Hall–Kier alpha value is -9.59. The van der Waals surface area contributed by atoms with Gasteiger partial charge in [-0.05, 0) is 72.8 Å². The third kappa shape index (κ3) is 20.6. The molecule has 0 saturated carbocycles. The van der Waals surface area contributed by atoms with E-state index in [1.165, 1.54) is 30.3 Å². The minimum atomic E-state index is -2.32. The molecule has 7 rings (SSSR count). The fraction of sp³-hybridized carbons (Fsp3) is 0. The molecule has 0 bridgehead atoms. The van der Waals surface area contributed by atoms with Crippen molar-refractivity contribution in [2.75, 3.05) is 0 Å². The van der Waals surface area contributed by atoms with Crippen LogP contribution in [0.1, 0.15) is 72.5 Å². The van der Waals surface area contributed by atoms with E-state index in [-0.39, 0.29) is 20.1 Å². The molecule has 0 unspecified atom stereocenters. The van der Waals surface area contributed by atoms with Gasteiger partial charge in [-0.3, -0.25) is 0 Å². The van der Waals surface area contributed by atoms with E-state index < -0.39 is 162 Å². The van der Waals surface area contributed by atoms with Gasteiger partial charge in [0.05, 0.1) is 38.9 Å². The summed E-state index contributed by atoms with van der Waals surface area (Å²) in [6.07, 6.45) is 0. The summed E-state index contributed by atoms with van der Waals surface area (Å²) in [5.74, 6) is -29.6. The first-order valence-electron chi connectivity index (χ1n) is 20.2. The summed E-state index contributed by atoms with van der Waals surface area (Å²) >= 11 is 16.9. The Morgan fingerprint density at radius 1 is 0.366 bits per heavy atom. The quantitative estimate of drug-likeness (QED) is 0.0473. The molecule has 0 fully saturated rings. The van der Waals surface area contributed by atoms with Gasteiger partial charge in [0, 0.05) is 19.0 Å². The largest absolute Gasteiger partial charge is 0.872 e. The van der Waals surface area contributed by atoms with Gasteiger partial charge in [-0.1, -0.05) is 120 Å². The molecule has 33 heteroatoms. The highest BCUT2D eigenvalue weighted by Crippen LogP contribution is 2.31. The minimum Gasteiger partial charge on any atom is -0.872 e. The number of para-hydroxylation sites is 1. The Balaban J connectivity index is 0.000000479. The molecule has 7 aromatic rings. The van der Waals surface area contributed by atoms with E-state index in [0.717, 1.165) is 54.6 Å². The number of carboxylic acids is 7. The van der Waals surface area contributed by atoms with Gasteiger partial charge in [0.15, 0.2) is 23.3 Å². The lowest BCUT2D eigenvalue weighted by molar-refractivity contribution is -0.274. The van der Waals surface area contributed by atoms with Crippen LogP contribution in [0.3, 0.4) is 0 Å². The van der Waals surface area contributed by atoms with Crippen molar-refractivity contribution >= 4 is 96.8 Å². The van der Waals surface area contributed by atoms with Crippen LogP contribution in [0.5, 0.6) is 40.2 Å².